The first-order valence-corrected chi connectivity index (χ1v) is 7.48. The molecule has 0 spiro atoms. The number of nitrogens with zero attached hydrogens (tertiary/aromatic N) is 1. The maximum Gasteiger partial charge on any atom is 0.414 e. The minimum absolute atomic E-state index is 0.213. The van der Waals surface area contributed by atoms with Gasteiger partial charge in [-0.3, -0.25) is 4.90 Å². The molecule has 1 aliphatic heterocycles. The highest BCUT2D eigenvalue weighted by atomic mass is 16.6. The van der Waals surface area contributed by atoms with Crippen molar-refractivity contribution >= 4 is 11.8 Å². The fourth-order valence-electron chi connectivity index (χ4n) is 4.60. The molecule has 4 rings (SSSR count). The fraction of sp³-hybridized carbons (Fsp3) is 0.471. The zero-order valence-corrected chi connectivity index (χ0v) is 11.5. The van der Waals surface area contributed by atoms with Crippen molar-refractivity contribution in [2.45, 2.75) is 31.2 Å². The van der Waals surface area contributed by atoms with Crippen molar-refractivity contribution in [1.29, 1.82) is 0 Å². The first-order valence-electron chi connectivity index (χ1n) is 7.48. The number of fused-ring (bicyclic) bond motifs is 6. The molecule has 0 unspecified atom stereocenters. The monoisotopic (exact) mass is 269 g/mol. The van der Waals surface area contributed by atoms with Crippen LogP contribution in [0.1, 0.15) is 30.7 Å². The van der Waals surface area contributed by atoms with Crippen LogP contribution in [0.25, 0.3) is 0 Å². The summed E-state index contributed by atoms with van der Waals surface area (Å²) in [6.07, 6.45) is 5.28. The maximum absolute atomic E-state index is 12.4. The molecule has 1 amide bonds. The summed E-state index contributed by atoms with van der Waals surface area (Å²) in [7, 11) is 0. The van der Waals surface area contributed by atoms with E-state index in [0.717, 1.165) is 11.6 Å². The standard InChI is InChI=1S/C17H19NO2/c1-2-10-20-17(19)18-14-9-4-3-6-13(14)15-11-7-5-8-12(11)16(15)18/h2-4,6,9,11-12,15-16H,1,5,7-8,10H2/t11-,12+,15-,16-/m0/s1. The van der Waals surface area contributed by atoms with E-state index in [-0.39, 0.29) is 12.7 Å². The van der Waals surface area contributed by atoms with E-state index < -0.39 is 0 Å². The highest BCUT2D eigenvalue weighted by Crippen LogP contribution is 2.63. The van der Waals surface area contributed by atoms with Crippen LogP contribution in [-0.2, 0) is 4.74 Å². The average molecular weight is 269 g/mol. The van der Waals surface area contributed by atoms with Gasteiger partial charge in [0.05, 0.1) is 11.7 Å². The van der Waals surface area contributed by atoms with E-state index in [4.69, 9.17) is 4.74 Å². The quantitative estimate of drug-likeness (QED) is 0.766. The lowest BCUT2D eigenvalue weighted by Gasteiger charge is -2.47. The summed E-state index contributed by atoms with van der Waals surface area (Å²) in [6.45, 7) is 3.89. The van der Waals surface area contributed by atoms with Crippen LogP contribution in [0.15, 0.2) is 36.9 Å². The normalized spacial score (nSPS) is 32.9. The zero-order chi connectivity index (χ0) is 13.7. The third-order valence-electron chi connectivity index (χ3n) is 5.27. The second kappa shape index (κ2) is 4.37. The Labute approximate surface area is 119 Å². The Morgan fingerprint density at radius 2 is 2.15 bits per heavy atom. The molecule has 1 aromatic carbocycles. The van der Waals surface area contributed by atoms with E-state index in [1.165, 1.54) is 24.8 Å². The van der Waals surface area contributed by atoms with Crippen LogP contribution < -0.4 is 4.90 Å². The molecular formula is C17H19NO2. The molecule has 3 heteroatoms. The number of carbonyl (C=O) groups excluding carboxylic acids is 1. The van der Waals surface area contributed by atoms with Crippen molar-refractivity contribution in [3.63, 3.8) is 0 Å². The van der Waals surface area contributed by atoms with Crippen LogP contribution in [-0.4, -0.2) is 18.7 Å². The van der Waals surface area contributed by atoms with Gasteiger partial charge in [0.25, 0.3) is 0 Å². The number of para-hydroxylation sites is 1. The molecule has 0 saturated heterocycles. The van der Waals surface area contributed by atoms with Crippen molar-refractivity contribution in [2.75, 3.05) is 11.5 Å². The number of anilines is 1. The number of hydrogen-bond acceptors (Lipinski definition) is 2. The highest BCUT2D eigenvalue weighted by Gasteiger charge is 2.60. The summed E-state index contributed by atoms with van der Waals surface area (Å²) in [6, 6.07) is 8.65. The molecule has 3 nitrogen and oxygen atoms in total. The van der Waals surface area contributed by atoms with Crippen LogP contribution in [0, 0.1) is 11.8 Å². The van der Waals surface area contributed by atoms with Crippen molar-refractivity contribution in [3.8, 4) is 0 Å². The smallest absolute Gasteiger partial charge is 0.414 e. The molecule has 1 heterocycles. The lowest BCUT2D eigenvalue weighted by atomic mass is 9.61. The third kappa shape index (κ3) is 1.43. The van der Waals surface area contributed by atoms with E-state index in [9.17, 15) is 4.79 Å². The molecule has 0 bridgehead atoms. The molecule has 4 atom stereocenters. The third-order valence-corrected chi connectivity index (χ3v) is 5.27. The Hall–Kier alpha value is -1.77. The second-order valence-electron chi connectivity index (χ2n) is 6.07. The number of rotatable bonds is 2. The number of ether oxygens (including phenoxy) is 1. The van der Waals surface area contributed by atoms with Gasteiger partial charge in [0, 0.05) is 5.92 Å². The lowest BCUT2D eigenvalue weighted by molar-refractivity contribution is 0.114. The Morgan fingerprint density at radius 3 is 3.00 bits per heavy atom. The van der Waals surface area contributed by atoms with Gasteiger partial charge in [-0.15, -0.1) is 0 Å². The molecule has 0 aromatic heterocycles. The molecular weight excluding hydrogens is 250 g/mol. The molecule has 0 radical (unpaired) electrons. The van der Waals surface area contributed by atoms with E-state index in [2.05, 4.69) is 24.8 Å². The zero-order valence-electron chi connectivity index (χ0n) is 11.5. The first-order chi connectivity index (χ1) is 9.83. The van der Waals surface area contributed by atoms with Gasteiger partial charge in [0.15, 0.2) is 0 Å². The summed E-state index contributed by atoms with van der Waals surface area (Å²) in [5.74, 6) is 1.98. The van der Waals surface area contributed by atoms with E-state index >= 15 is 0 Å². The SMILES string of the molecule is C=CCOC(=O)N1c2ccccc2[C@@H]2[C@H]3CCC[C@H]3[C@@H]21. The van der Waals surface area contributed by atoms with Crippen molar-refractivity contribution < 1.29 is 9.53 Å². The average Bonchev–Trinajstić information content (AvgIpc) is 2.98. The lowest BCUT2D eigenvalue weighted by Crippen LogP contribution is -2.54. The number of carbonyl (C=O) groups is 1. The van der Waals surface area contributed by atoms with Gasteiger partial charge >= 0.3 is 6.09 Å². The van der Waals surface area contributed by atoms with Crippen LogP contribution in [0.4, 0.5) is 10.5 Å². The Bertz CT molecular complexity index is 568. The summed E-state index contributed by atoms with van der Waals surface area (Å²) < 4.78 is 5.30. The van der Waals surface area contributed by atoms with Gasteiger partial charge in [-0.1, -0.05) is 37.3 Å². The van der Waals surface area contributed by atoms with Gasteiger partial charge in [-0.05, 0) is 36.3 Å². The minimum atomic E-state index is -0.213. The van der Waals surface area contributed by atoms with Gasteiger partial charge in [-0.2, -0.15) is 0 Å². The Kier molecular flexibility index (Phi) is 2.62. The largest absolute Gasteiger partial charge is 0.445 e. The summed E-state index contributed by atoms with van der Waals surface area (Å²) in [4.78, 5) is 14.3. The molecule has 2 aliphatic carbocycles. The van der Waals surface area contributed by atoms with Gasteiger partial charge in [0.1, 0.15) is 6.61 Å². The highest BCUT2D eigenvalue weighted by molar-refractivity contribution is 5.92. The van der Waals surface area contributed by atoms with Gasteiger partial charge < -0.3 is 4.74 Å². The molecule has 2 saturated carbocycles. The second-order valence-corrected chi connectivity index (χ2v) is 6.07. The first kappa shape index (κ1) is 12.0. The van der Waals surface area contributed by atoms with Crippen LogP contribution in [0.5, 0.6) is 0 Å². The number of benzene rings is 1. The van der Waals surface area contributed by atoms with Crippen molar-refractivity contribution in [1.82, 2.24) is 0 Å². The maximum atomic E-state index is 12.4. The number of hydrogen-bond donors (Lipinski definition) is 0. The molecule has 0 N–H and O–H groups in total. The van der Waals surface area contributed by atoms with Gasteiger partial charge in [0.2, 0.25) is 0 Å². The predicted molar refractivity (Wildman–Crippen MR) is 77.8 cm³/mol. The Balaban J connectivity index is 1.70. The molecule has 3 aliphatic rings. The minimum Gasteiger partial charge on any atom is -0.445 e. The molecule has 1 aromatic rings. The summed E-state index contributed by atoms with van der Waals surface area (Å²) >= 11 is 0. The van der Waals surface area contributed by atoms with E-state index in [0.29, 0.717) is 17.9 Å². The van der Waals surface area contributed by atoms with Crippen molar-refractivity contribution in [2.24, 2.45) is 11.8 Å². The fourth-order valence-corrected chi connectivity index (χ4v) is 4.60. The van der Waals surface area contributed by atoms with Crippen LogP contribution in [0.2, 0.25) is 0 Å². The molecule has 2 fully saturated rings. The summed E-state index contributed by atoms with van der Waals surface area (Å²) in [5.41, 5.74) is 2.40. The van der Waals surface area contributed by atoms with Crippen molar-refractivity contribution in [3.05, 3.63) is 42.5 Å². The van der Waals surface area contributed by atoms with Crippen LogP contribution >= 0.6 is 0 Å². The van der Waals surface area contributed by atoms with Gasteiger partial charge in [-0.25, -0.2) is 4.79 Å². The van der Waals surface area contributed by atoms with E-state index in [1.807, 2.05) is 11.0 Å². The topological polar surface area (TPSA) is 29.5 Å². The molecule has 20 heavy (non-hydrogen) atoms. The number of amides is 1. The van der Waals surface area contributed by atoms with E-state index in [1.54, 1.807) is 6.08 Å². The summed E-state index contributed by atoms with van der Waals surface area (Å²) in [5, 5.41) is 0. The van der Waals surface area contributed by atoms with Crippen LogP contribution in [0.3, 0.4) is 0 Å². The molecule has 104 valence electrons. The Morgan fingerprint density at radius 1 is 1.35 bits per heavy atom. The predicted octanol–water partition coefficient (Wildman–Crippen LogP) is 3.71.